The van der Waals surface area contributed by atoms with Crippen molar-refractivity contribution in [2.75, 3.05) is 6.54 Å². The van der Waals surface area contributed by atoms with Crippen molar-refractivity contribution in [1.29, 1.82) is 0 Å². The third-order valence-corrected chi connectivity index (χ3v) is 2.96. The predicted molar refractivity (Wildman–Crippen MR) is 73.2 cm³/mol. The van der Waals surface area contributed by atoms with Gasteiger partial charge in [0, 0.05) is 13.1 Å². The first-order valence-electron chi connectivity index (χ1n) is 6.69. The summed E-state index contributed by atoms with van der Waals surface area (Å²) in [6.07, 6.45) is -3.63. The number of rotatable bonds is 6. The SMILES string of the molecule is CC(C)CC(C)(O)CNCc1ccc(C(F)(F)F)cc1. The van der Waals surface area contributed by atoms with Gasteiger partial charge in [-0.15, -0.1) is 0 Å². The highest BCUT2D eigenvalue weighted by Gasteiger charge is 2.29. The highest BCUT2D eigenvalue weighted by Crippen LogP contribution is 2.29. The molecular formula is C15H22F3NO. The lowest BCUT2D eigenvalue weighted by Crippen LogP contribution is -2.38. The minimum absolute atomic E-state index is 0.387. The quantitative estimate of drug-likeness (QED) is 0.839. The summed E-state index contributed by atoms with van der Waals surface area (Å²) < 4.78 is 37.2. The second-order valence-electron chi connectivity index (χ2n) is 5.89. The molecule has 0 fully saturated rings. The second-order valence-corrected chi connectivity index (χ2v) is 5.89. The maximum absolute atomic E-state index is 12.4. The predicted octanol–water partition coefficient (Wildman–Crippen LogP) is 3.59. The van der Waals surface area contributed by atoms with Gasteiger partial charge >= 0.3 is 6.18 Å². The number of aliphatic hydroxyl groups is 1. The van der Waals surface area contributed by atoms with Gasteiger partial charge < -0.3 is 10.4 Å². The molecule has 2 nitrogen and oxygen atoms in total. The molecule has 5 heteroatoms. The standard InChI is InChI=1S/C15H22F3NO/c1-11(2)8-14(3,20)10-19-9-12-4-6-13(7-5-12)15(16,17)18/h4-7,11,19-20H,8-10H2,1-3H3. The normalized spacial score (nSPS) is 15.4. The molecule has 1 unspecified atom stereocenters. The lowest BCUT2D eigenvalue weighted by Gasteiger charge is -2.25. The van der Waals surface area contributed by atoms with E-state index in [1.165, 1.54) is 12.1 Å². The molecule has 1 atom stereocenters. The fraction of sp³-hybridized carbons (Fsp3) is 0.600. The molecule has 0 aliphatic rings. The van der Waals surface area contributed by atoms with Crippen LogP contribution in [0.1, 0.15) is 38.3 Å². The first-order chi connectivity index (χ1) is 9.10. The first-order valence-corrected chi connectivity index (χ1v) is 6.69. The Kier molecular flexibility index (Phi) is 5.59. The maximum Gasteiger partial charge on any atom is 0.416 e. The zero-order valence-electron chi connectivity index (χ0n) is 12.1. The van der Waals surface area contributed by atoms with Crippen LogP contribution in [0.4, 0.5) is 13.2 Å². The number of benzene rings is 1. The highest BCUT2D eigenvalue weighted by molar-refractivity contribution is 5.24. The Morgan fingerprint density at radius 3 is 2.15 bits per heavy atom. The minimum Gasteiger partial charge on any atom is -0.389 e. The van der Waals surface area contributed by atoms with Gasteiger partial charge in [0.15, 0.2) is 0 Å². The molecule has 0 amide bonds. The molecule has 0 aliphatic carbocycles. The molecule has 0 bridgehead atoms. The van der Waals surface area contributed by atoms with Gasteiger partial charge in [0.2, 0.25) is 0 Å². The van der Waals surface area contributed by atoms with Crippen molar-refractivity contribution >= 4 is 0 Å². The van der Waals surface area contributed by atoms with Crippen LogP contribution in [-0.4, -0.2) is 17.3 Å². The molecule has 0 saturated heterocycles. The van der Waals surface area contributed by atoms with E-state index in [1.807, 2.05) is 13.8 Å². The highest BCUT2D eigenvalue weighted by atomic mass is 19.4. The summed E-state index contributed by atoms with van der Waals surface area (Å²) in [6, 6.07) is 5.05. The summed E-state index contributed by atoms with van der Waals surface area (Å²) in [6.45, 7) is 6.67. The summed E-state index contributed by atoms with van der Waals surface area (Å²) in [7, 11) is 0. The average molecular weight is 289 g/mol. The van der Waals surface area contributed by atoms with Crippen LogP contribution in [0, 0.1) is 5.92 Å². The van der Waals surface area contributed by atoms with E-state index in [-0.39, 0.29) is 0 Å². The number of nitrogens with one attached hydrogen (secondary N) is 1. The molecular weight excluding hydrogens is 267 g/mol. The van der Waals surface area contributed by atoms with Crippen molar-refractivity contribution < 1.29 is 18.3 Å². The molecule has 0 saturated carbocycles. The van der Waals surface area contributed by atoms with Crippen molar-refractivity contribution in [3.05, 3.63) is 35.4 Å². The van der Waals surface area contributed by atoms with E-state index in [1.54, 1.807) is 6.92 Å². The Hall–Kier alpha value is -1.07. The molecule has 0 radical (unpaired) electrons. The average Bonchev–Trinajstić information content (AvgIpc) is 2.26. The van der Waals surface area contributed by atoms with Crippen molar-refractivity contribution in [3.8, 4) is 0 Å². The number of hydrogen-bond donors (Lipinski definition) is 2. The molecule has 0 heterocycles. The molecule has 114 valence electrons. The van der Waals surface area contributed by atoms with E-state index >= 15 is 0 Å². The Morgan fingerprint density at radius 2 is 1.70 bits per heavy atom. The van der Waals surface area contributed by atoms with Crippen molar-refractivity contribution in [1.82, 2.24) is 5.32 Å². The molecule has 0 spiro atoms. The Labute approximate surface area is 118 Å². The van der Waals surface area contributed by atoms with Crippen LogP contribution < -0.4 is 5.32 Å². The van der Waals surface area contributed by atoms with E-state index < -0.39 is 17.3 Å². The van der Waals surface area contributed by atoms with Gasteiger partial charge in [0.05, 0.1) is 11.2 Å². The molecule has 20 heavy (non-hydrogen) atoms. The van der Waals surface area contributed by atoms with Gasteiger partial charge in [0.1, 0.15) is 0 Å². The third-order valence-electron chi connectivity index (χ3n) is 2.96. The van der Waals surface area contributed by atoms with E-state index in [0.717, 1.165) is 17.7 Å². The third kappa shape index (κ3) is 5.92. The lowest BCUT2D eigenvalue weighted by molar-refractivity contribution is -0.137. The van der Waals surface area contributed by atoms with Crippen molar-refractivity contribution in [2.45, 2.75) is 45.5 Å². The Balaban J connectivity index is 2.47. The molecule has 1 aromatic rings. The topological polar surface area (TPSA) is 32.3 Å². The van der Waals surface area contributed by atoms with Gasteiger partial charge in [-0.2, -0.15) is 13.2 Å². The summed E-state index contributed by atoms with van der Waals surface area (Å²) >= 11 is 0. The van der Waals surface area contributed by atoms with E-state index in [9.17, 15) is 18.3 Å². The van der Waals surface area contributed by atoms with Crippen molar-refractivity contribution in [3.63, 3.8) is 0 Å². The summed E-state index contributed by atoms with van der Waals surface area (Å²) in [5.41, 5.74) is -0.688. The zero-order chi connectivity index (χ0) is 15.4. The largest absolute Gasteiger partial charge is 0.416 e. The summed E-state index contributed by atoms with van der Waals surface area (Å²) in [5, 5.41) is 13.2. The van der Waals surface area contributed by atoms with E-state index in [0.29, 0.717) is 25.4 Å². The van der Waals surface area contributed by atoms with E-state index in [2.05, 4.69) is 5.32 Å². The molecule has 1 rings (SSSR count). The molecule has 2 N–H and O–H groups in total. The number of halogens is 3. The van der Waals surface area contributed by atoms with Crippen LogP contribution in [0.2, 0.25) is 0 Å². The maximum atomic E-state index is 12.4. The van der Waals surface area contributed by atoms with Crippen LogP contribution in [0.15, 0.2) is 24.3 Å². The van der Waals surface area contributed by atoms with Gasteiger partial charge in [-0.05, 0) is 37.0 Å². The van der Waals surface area contributed by atoms with Crippen LogP contribution in [-0.2, 0) is 12.7 Å². The first kappa shape index (κ1) is 17.0. The van der Waals surface area contributed by atoms with Gasteiger partial charge in [-0.25, -0.2) is 0 Å². The smallest absolute Gasteiger partial charge is 0.389 e. The van der Waals surface area contributed by atoms with Crippen molar-refractivity contribution in [2.24, 2.45) is 5.92 Å². The lowest BCUT2D eigenvalue weighted by atomic mass is 9.94. The van der Waals surface area contributed by atoms with Gasteiger partial charge in [0.25, 0.3) is 0 Å². The van der Waals surface area contributed by atoms with E-state index in [4.69, 9.17) is 0 Å². The fourth-order valence-corrected chi connectivity index (χ4v) is 2.24. The second kappa shape index (κ2) is 6.59. The van der Waals surface area contributed by atoms with Crippen LogP contribution >= 0.6 is 0 Å². The van der Waals surface area contributed by atoms with Gasteiger partial charge in [-0.3, -0.25) is 0 Å². The van der Waals surface area contributed by atoms with Crippen LogP contribution in [0.3, 0.4) is 0 Å². The minimum atomic E-state index is -4.30. The van der Waals surface area contributed by atoms with Gasteiger partial charge in [-0.1, -0.05) is 26.0 Å². The number of hydrogen-bond acceptors (Lipinski definition) is 2. The summed E-state index contributed by atoms with van der Waals surface area (Å²) in [5.74, 6) is 0.387. The number of alkyl halides is 3. The Bertz CT molecular complexity index is 410. The summed E-state index contributed by atoms with van der Waals surface area (Å²) in [4.78, 5) is 0. The molecule has 0 aliphatic heterocycles. The molecule has 1 aromatic carbocycles. The zero-order valence-corrected chi connectivity index (χ0v) is 12.1. The Morgan fingerprint density at radius 1 is 1.15 bits per heavy atom. The fourth-order valence-electron chi connectivity index (χ4n) is 2.24. The van der Waals surface area contributed by atoms with Crippen LogP contribution in [0.25, 0.3) is 0 Å². The molecule has 0 aromatic heterocycles. The van der Waals surface area contributed by atoms with Crippen LogP contribution in [0.5, 0.6) is 0 Å². The monoisotopic (exact) mass is 289 g/mol.